The Kier molecular flexibility index (Phi) is 5.54. The van der Waals surface area contributed by atoms with Crippen LogP contribution in [0.5, 0.6) is 0 Å². The molecule has 0 saturated carbocycles. The molecule has 0 unspecified atom stereocenters. The number of esters is 1. The number of carbonyl (C=O) groups excluding carboxylic acids is 2. The van der Waals surface area contributed by atoms with Gasteiger partial charge in [-0.1, -0.05) is 18.2 Å². The summed E-state index contributed by atoms with van der Waals surface area (Å²) in [6.07, 6.45) is 10.5. The number of ether oxygens (including phenoxy) is 1. The normalized spacial score (nSPS) is 15.6. The molecule has 0 aliphatic heterocycles. The van der Waals surface area contributed by atoms with Gasteiger partial charge in [0, 0.05) is 12.8 Å². The number of hydrogen-bond donors (Lipinski definition) is 0. The maximum absolute atomic E-state index is 11.3. The summed E-state index contributed by atoms with van der Waals surface area (Å²) >= 11 is 0. The minimum absolute atomic E-state index is 0.165. The number of carbonyl (C=O) groups is 2. The minimum Gasteiger partial charge on any atom is -0.469 e. The molecule has 0 amide bonds. The molecule has 0 aromatic carbocycles. The molecule has 88 valence electrons. The highest BCUT2D eigenvalue weighted by Crippen LogP contribution is 2.17. The van der Waals surface area contributed by atoms with E-state index >= 15 is 0 Å². The number of Topliss-reactive ketones (excluding diaryl/α,β-unsaturated/α-hetero) is 1. The summed E-state index contributed by atoms with van der Waals surface area (Å²) in [5.41, 5.74) is 0.934. The molecule has 1 aliphatic rings. The first-order valence-corrected chi connectivity index (χ1v) is 5.68. The van der Waals surface area contributed by atoms with Crippen molar-refractivity contribution in [2.45, 2.75) is 38.5 Å². The molecule has 0 atom stereocenters. The summed E-state index contributed by atoms with van der Waals surface area (Å²) < 4.78 is 4.54. The first-order valence-electron chi connectivity index (χ1n) is 5.68. The van der Waals surface area contributed by atoms with Crippen LogP contribution in [0, 0.1) is 0 Å². The van der Waals surface area contributed by atoms with Gasteiger partial charge in [0.2, 0.25) is 0 Å². The van der Waals surface area contributed by atoms with E-state index in [2.05, 4.69) is 4.74 Å². The van der Waals surface area contributed by atoms with Crippen LogP contribution in [0.2, 0.25) is 0 Å². The molecule has 3 heteroatoms. The maximum Gasteiger partial charge on any atom is 0.305 e. The molecule has 1 rings (SSSR count). The van der Waals surface area contributed by atoms with Gasteiger partial charge in [0.1, 0.15) is 0 Å². The summed E-state index contributed by atoms with van der Waals surface area (Å²) in [4.78, 5) is 22.1. The fraction of sp³-hybridized carbons (Fsp3) is 0.538. The van der Waals surface area contributed by atoms with Crippen LogP contribution in [0.15, 0.2) is 23.8 Å². The van der Waals surface area contributed by atoms with E-state index in [0.29, 0.717) is 12.8 Å². The summed E-state index contributed by atoms with van der Waals surface area (Å²) in [5, 5.41) is 0. The highest BCUT2D eigenvalue weighted by Gasteiger charge is 2.12. The number of unbranched alkanes of at least 4 members (excludes halogenated alkanes) is 1. The number of allylic oxidation sites excluding steroid dienone is 4. The van der Waals surface area contributed by atoms with Gasteiger partial charge in [-0.3, -0.25) is 9.59 Å². The monoisotopic (exact) mass is 222 g/mol. The van der Waals surface area contributed by atoms with Crippen LogP contribution in [0.1, 0.15) is 38.5 Å². The lowest BCUT2D eigenvalue weighted by atomic mass is 10.1. The van der Waals surface area contributed by atoms with E-state index in [9.17, 15) is 9.59 Å². The van der Waals surface area contributed by atoms with E-state index in [4.69, 9.17) is 0 Å². The van der Waals surface area contributed by atoms with Gasteiger partial charge in [-0.15, -0.1) is 0 Å². The molecular formula is C13H18O3. The molecule has 0 spiro atoms. The van der Waals surface area contributed by atoms with Gasteiger partial charge in [-0.2, -0.15) is 0 Å². The predicted molar refractivity (Wildman–Crippen MR) is 61.9 cm³/mol. The standard InChI is InChI=1S/C13H18O3/c1-16-13(15)10-5-3-2-4-7-11-8-6-9-12(11)14/h2,4,8H,3,5-7,9-10H2,1H3/b4-2-. The second kappa shape index (κ2) is 6.99. The van der Waals surface area contributed by atoms with Gasteiger partial charge in [0.05, 0.1) is 7.11 Å². The Morgan fingerprint density at radius 1 is 1.50 bits per heavy atom. The summed E-state index contributed by atoms with van der Waals surface area (Å²) in [6.45, 7) is 0. The lowest BCUT2D eigenvalue weighted by Crippen LogP contribution is -1.98. The van der Waals surface area contributed by atoms with E-state index in [-0.39, 0.29) is 11.8 Å². The minimum atomic E-state index is -0.165. The quantitative estimate of drug-likeness (QED) is 0.394. The average molecular weight is 222 g/mol. The second-order valence-corrected chi connectivity index (χ2v) is 3.84. The topological polar surface area (TPSA) is 43.4 Å². The van der Waals surface area contributed by atoms with E-state index in [1.54, 1.807) is 0 Å². The van der Waals surface area contributed by atoms with Crippen LogP contribution < -0.4 is 0 Å². The van der Waals surface area contributed by atoms with Crippen molar-refractivity contribution in [3.05, 3.63) is 23.8 Å². The fourth-order valence-electron chi connectivity index (χ4n) is 1.64. The smallest absolute Gasteiger partial charge is 0.305 e. The molecule has 0 aromatic heterocycles. The van der Waals surface area contributed by atoms with E-state index < -0.39 is 0 Å². The molecule has 0 radical (unpaired) electrons. The molecule has 1 aliphatic carbocycles. The first-order chi connectivity index (χ1) is 7.74. The SMILES string of the molecule is COC(=O)CCC/C=C\CC1=CCCC1=O. The molecular weight excluding hydrogens is 204 g/mol. The largest absolute Gasteiger partial charge is 0.469 e. The molecule has 3 nitrogen and oxygen atoms in total. The van der Waals surface area contributed by atoms with Gasteiger partial charge in [0.25, 0.3) is 0 Å². The number of rotatable bonds is 6. The van der Waals surface area contributed by atoms with Gasteiger partial charge in [-0.05, 0) is 31.3 Å². The Morgan fingerprint density at radius 3 is 2.94 bits per heavy atom. The molecule has 0 N–H and O–H groups in total. The molecule has 16 heavy (non-hydrogen) atoms. The molecule has 0 saturated heterocycles. The van der Waals surface area contributed by atoms with Crippen LogP contribution in [-0.2, 0) is 14.3 Å². The zero-order valence-corrected chi connectivity index (χ0v) is 9.70. The molecule has 0 aromatic rings. The van der Waals surface area contributed by atoms with E-state index in [1.165, 1.54) is 7.11 Å². The van der Waals surface area contributed by atoms with Crippen molar-refractivity contribution in [2.24, 2.45) is 0 Å². The Bertz CT molecular complexity index is 313. The highest BCUT2D eigenvalue weighted by molar-refractivity contribution is 5.97. The van der Waals surface area contributed by atoms with Crippen molar-refractivity contribution in [3.63, 3.8) is 0 Å². The first kappa shape index (κ1) is 12.7. The Balaban J connectivity index is 2.09. The van der Waals surface area contributed by atoms with Crippen molar-refractivity contribution in [3.8, 4) is 0 Å². The van der Waals surface area contributed by atoms with Gasteiger partial charge in [-0.25, -0.2) is 0 Å². The van der Waals surface area contributed by atoms with Crippen LogP contribution >= 0.6 is 0 Å². The third-order valence-electron chi connectivity index (χ3n) is 2.60. The molecule has 0 bridgehead atoms. The van der Waals surface area contributed by atoms with Crippen molar-refractivity contribution >= 4 is 11.8 Å². The third-order valence-corrected chi connectivity index (χ3v) is 2.60. The maximum atomic E-state index is 11.3. The van der Waals surface area contributed by atoms with Crippen molar-refractivity contribution in [2.75, 3.05) is 7.11 Å². The predicted octanol–water partition coefficient (Wildman–Crippen LogP) is 2.57. The third kappa shape index (κ3) is 4.43. The van der Waals surface area contributed by atoms with Gasteiger partial charge in [0.15, 0.2) is 5.78 Å². The highest BCUT2D eigenvalue weighted by atomic mass is 16.5. The molecule has 0 fully saturated rings. The van der Waals surface area contributed by atoms with Crippen LogP contribution in [0.4, 0.5) is 0 Å². The number of methoxy groups -OCH3 is 1. The van der Waals surface area contributed by atoms with Crippen LogP contribution in [-0.4, -0.2) is 18.9 Å². The Labute approximate surface area is 96.2 Å². The summed E-state index contributed by atoms with van der Waals surface area (Å²) in [5.74, 6) is 0.112. The van der Waals surface area contributed by atoms with Gasteiger partial charge >= 0.3 is 5.97 Å². The zero-order valence-electron chi connectivity index (χ0n) is 9.70. The van der Waals surface area contributed by atoms with Crippen molar-refractivity contribution in [1.82, 2.24) is 0 Å². The number of hydrogen-bond acceptors (Lipinski definition) is 3. The Hall–Kier alpha value is -1.38. The van der Waals surface area contributed by atoms with E-state index in [1.807, 2.05) is 18.2 Å². The summed E-state index contributed by atoms with van der Waals surface area (Å²) in [6, 6.07) is 0. The summed E-state index contributed by atoms with van der Waals surface area (Å²) in [7, 11) is 1.40. The lowest BCUT2D eigenvalue weighted by Gasteiger charge is -1.96. The lowest BCUT2D eigenvalue weighted by molar-refractivity contribution is -0.140. The average Bonchev–Trinajstić information content (AvgIpc) is 2.69. The van der Waals surface area contributed by atoms with Crippen molar-refractivity contribution in [1.29, 1.82) is 0 Å². The van der Waals surface area contributed by atoms with Crippen molar-refractivity contribution < 1.29 is 14.3 Å². The molecule has 0 heterocycles. The zero-order chi connectivity index (χ0) is 11.8. The second-order valence-electron chi connectivity index (χ2n) is 3.84. The van der Waals surface area contributed by atoms with Crippen LogP contribution in [0.25, 0.3) is 0 Å². The van der Waals surface area contributed by atoms with Gasteiger partial charge < -0.3 is 4.74 Å². The fourth-order valence-corrected chi connectivity index (χ4v) is 1.64. The Morgan fingerprint density at radius 2 is 2.31 bits per heavy atom. The van der Waals surface area contributed by atoms with E-state index in [0.717, 1.165) is 31.3 Å². The number of ketones is 1. The van der Waals surface area contributed by atoms with Crippen LogP contribution in [0.3, 0.4) is 0 Å².